The van der Waals surface area contributed by atoms with Crippen molar-refractivity contribution in [1.29, 1.82) is 0 Å². The lowest BCUT2D eigenvalue weighted by Crippen LogP contribution is -1.95. The molecule has 0 aliphatic heterocycles. The van der Waals surface area contributed by atoms with Crippen LogP contribution in [0.25, 0.3) is 106 Å². The van der Waals surface area contributed by atoms with Gasteiger partial charge in [0.25, 0.3) is 0 Å². The topological polar surface area (TPSA) is 56.2 Å². The molecule has 0 unspecified atom stereocenters. The fourth-order valence-corrected chi connectivity index (χ4v) is 7.73. The Bertz CT molecular complexity index is 3120. The third-order valence-electron chi connectivity index (χ3n) is 10.4. The highest BCUT2D eigenvalue weighted by Crippen LogP contribution is 2.40. The summed E-state index contributed by atoms with van der Waals surface area (Å²) in [5.74, 6) is 0.712. The lowest BCUT2D eigenvalue weighted by atomic mass is 9.98. The van der Waals surface area contributed by atoms with Gasteiger partial charge < -0.3 is 4.42 Å². The highest BCUT2D eigenvalue weighted by molar-refractivity contribution is 6.19. The Morgan fingerprint density at radius 1 is 0.389 bits per heavy atom. The SMILES string of the molecule is c1ccc(-c2cc(-c3ccc(-c4ccc(-c5ccc6oc7c8ccccc8c8nc9ccccc9n8c7c6c5)cc4)cc3)nc(-c3ccccc3)n2)cc1. The van der Waals surface area contributed by atoms with E-state index in [1.54, 1.807) is 0 Å². The summed E-state index contributed by atoms with van der Waals surface area (Å²) in [5.41, 5.74) is 15.2. The summed E-state index contributed by atoms with van der Waals surface area (Å²) in [5, 5.41) is 3.21. The molecule has 0 amide bonds. The van der Waals surface area contributed by atoms with Gasteiger partial charge in [0, 0.05) is 32.8 Å². The average molecular weight is 691 g/mol. The Labute approximate surface area is 310 Å². The Morgan fingerprint density at radius 3 is 1.63 bits per heavy atom. The molecule has 0 fully saturated rings. The van der Waals surface area contributed by atoms with Crippen LogP contribution in [-0.2, 0) is 0 Å². The molecule has 4 heterocycles. The van der Waals surface area contributed by atoms with Crippen molar-refractivity contribution in [3.8, 4) is 56.2 Å². The van der Waals surface area contributed by atoms with Crippen LogP contribution in [-0.4, -0.2) is 19.4 Å². The number of hydrogen-bond acceptors (Lipinski definition) is 4. The van der Waals surface area contributed by atoms with Gasteiger partial charge in [-0.25, -0.2) is 15.0 Å². The van der Waals surface area contributed by atoms with Crippen LogP contribution in [0.1, 0.15) is 0 Å². The first kappa shape index (κ1) is 30.3. The number of hydrogen-bond donors (Lipinski definition) is 0. The lowest BCUT2D eigenvalue weighted by molar-refractivity contribution is 0.672. The van der Waals surface area contributed by atoms with Gasteiger partial charge in [0.05, 0.1) is 22.4 Å². The van der Waals surface area contributed by atoms with Crippen LogP contribution in [0.4, 0.5) is 0 Å². The third kappa shape index (κ3) is 4.90. The average Bonchev–Trinajstić information content (AvgIpc) is 3.83. The third-order valence-corrected chi connectivity index (χ3v) is 10.4. The van der Waals surface area contributed by atoms with E-state index in [0.717, 1.165) is 99.9 Å². The van der Waals surface area contributed by atoms with E-state index in [2.05, 4.69) is 144 Å². The minimum absolute atomic E-state index is 0.712. The van der Waals surface area contributed by atoms with E-state index < -0.39 is 0 Å². The number of furan rings is 1. The van der Waals surface area contributed by atoms with Gasteiger partial charge in [-0.15, -0.1) is 0 Å². The fourth-order valence-electron chi connectivity index (χ4n) is 7.73. The molecule has 0 spiro atoms. The number of para-hydroxylation sites is 2. The van der Waals surface area contributed by atoms with Gasteiger partial charge in [0.2, 0.25) is 0 Å². The quantitative estimate of drug-likeness (QED) is 0.180. The van der Waals surface area contributed by atoms with E-state index in [1.165, 1.54) is 0 Å². The molecule has 0 atom stereocenters. The number of nitrogens with zero attached hydrogens (tertiary/aromatic N) is 4. The number of imidazole rings is 1. The monoisotopic (exact) mass is 690 g/mol. The molecule has 4 aromatic heterocycles. The molecule has 0 aliphatic rings. The maximum atomic E-state index is 6.60. The second kappa shape index (κ2) is 12.1. The largest absolute Gasteiger partial charge is 0.454 e. The molecule has 0 aliphatic carbocycles. The van der Waals surface area contributed by atoms with Gasteiger partial charge >= 0.3 is 0 Å². The summed E-state index contributed by atoms with van der Waals surface area (Å²) in [6, 6.07) is 63.2. The highest BCUT2D eigenvalue weighted by atomic mass is 16.3. The predicted octanol–water partition coefficient (Wildman–Crippen LogP) is 12.7. The molecule has 0 saturated carbocycles. The summed E-state index contributed by atoms with van der Waals surface area (Å²) >= 11 is 0. The second-order valence-electron chi connectivity index (χ2n) is 13.6. The fraction of sp³-hybridized carbons (Fsp3) is 0. The van der Waals surface area contributed by atoms with Crippen LogP contribution in [0.15, 0.2) is 186 Å². The lowest BCUT2D eigenvalue weighted by Gasteiger charge is -2.10. The Hall–Kier alpha value is -7.37. The first-order valence-corrected chi connectivity index (χ1v) is 18.1. The van der Waals surface area contributed by atoms with Crippen LogP contribution >= 0.6 is 0 Å². The van der Waals surface area contributed by atoms with Crippen molar-refractivity contribution >= 4 is 49.5 Å². The van der Waals surface area contributed by atoms with Gasteiger partial charge in [-0.05, 0) is 52.6 Å². The number of pyridine rings is 1. The molecule has 0 bridgehead atoms. The summed E-state index contributed by atoms with van der Waals surface area (Å²) in [6.07, 6.45) is 0. The van der Waals surface area contributed by atoms with Gasteiger partial charge in [0.1, 0.15) is 16.7 Å². The Kier molecular flexibility index (Phi) is 6.79. The summed E-state index contributed by atoms with van der Waals surface area (Å²) in [7, 11) is 0. The van der Waals surface area contributed by atoms with E-state index in [0.29, 0.717) is 5.82 Å². The van der Waals surface area contributed by atoms with E-state index in [-0.39, 0.29) is 0 Å². The predicted molar refractivity (Wildman–Crippen MR) is 220 cm³/mol. The summed E-state index contributed by atoms with van der Waals surface area (Å²) < 4.78 is 8.87. The zero-order valence-electron chi connectivity index (χ0n) is 29.0. The first-order valence-electron chi connectivity index (χ1n) is 18.1. The maximum absolute atomic E-state index is 6.60. The van der Waals surface area contributed by atoms with Crippen LogP contribution in [0.5, 0.6) is 0 Å². The van der Waals surface area contributed by atoms with Gasteiger partial charge in [-0.3, -0.25) is 4.40 Å². The maximum Gasteiger partial charge on any atom is 0.160 e. The molecule has 252 valence electrons. The second-order valence-corrected chi connectivity index (χ2v) is 13.6. The molecule has 0 N–H and O–H groups in total. The van der Waals surface area contributed by atoms with Crippen LogP contribution < -0.4 is 0 Å². The van der Waals surface area contributed by atoms with Crippen LogP contribution in [0.3, 0.4) is 0 Å². The van der Waals surface area contributed by atoms with Crippen molar-refractivity contribution in [3.63, 3.8) is 0 Å². The standard InChI is InChI=1S/C49H30N4O/c1-3-11-34(12-4-1)42-30-43(51-48(50-42)36-13-5-2-6-14-36)35-25-23-32(24-26-35)31-19-21-33(22-20-31)37-27-28-45-40(29-37)46-47(54-45)38-15-7-8-16-39(38)49-52-41-17-9-10-18-44(41)53(46)49/h1-30H. The van der Waals surface area contributed by atoms with E-state index in [1.807, 2.05) is 42.5 Å². The smallest absolute Gasteiger partial charge is 0.160 e. The van der Waals surface area contributed by atoms with Gasteiger partial charge in [-0.1, -0.05) is 152 Å². The first-order chi connectivity index (χ1) is 26.7. The molecule has 11 aromatic rings. The van der Waals surface area contributed by atoms with Crippen molar-refractivity contribution in [2.24, 2.45) is 0 Å². The molecule has 11 rings (SSSR count). The van der Waals surface area contributed by atoms with E-state index in [4.69, 9.17) is 19.4 Å². The molecular weight excluding hydrogens is 661 g/mol. The highest BCUT2D eigenvalue weighted by Gasteiger charge is 2.19. The summed E-state index contributed by atoms with van der Waals surface area (Å²) in [6.45, 7) is 0. The van der Waals surface area contributed by atoms with Gasteiger partial charge in [0.15, 0.2) is 11.4 Å². The van der Waals surface area contributed by atoms with Crippen molar-refractivity contribution < 1.29 is 4.42 Å². The number of rotatable bonds is 5. The number of aromatic nitrogens is 4. The summed E-state index contributed by atoms with van der Waals surface area (Å²) in [4.78, 5) is 15.0. The van der Waals surface area contributed by atoms with Crippen molar-refractivity contribution in [2.75, 3.05) is 0 Å². The molecular formula is C49H30N4O. The van der Waals surface area contributed by atoms with E-state index in [9.17, 15) is 0 Å². The zero-order valence-corrected chi connectivity index (χ0v) is 29.0. The minimum Gasteiger partial charge on any atom is -0.454 e. The van der Waals surface area contributed by atoms with Crippen molar-refractivity contribution in [2.45, 2.75) is 0 Å². The Morgan fingerprint density at radius 2 is 0.926 bits per heavy atom. The normalized spacial score (nSPS) is 11.7. The molecule has 54 heavy (non-hydrogen) atoms. The van der Waals surface area contributed by atoms with Crippen molar-refractivity contribution in [1.82, 2.24) is 19.4 Å². The molecule has 5 heteroatoms. The zero-order chi connectivity index (χ0) is 35.6. The van der Waals surface area contributed by atoms with Crippen LogP contribution in [0.2, 0.25) is 0 Å². The van der Waals surface area contributed by atoms with E-state index >= 15 is 0 Å². The van der Waals surface area contributed by atoms with Gasteiger partial charge in [-0.2, -0.15) is 0 Å². The van der Waals surface area contributed by atoms with Crippen molar-refractivity contribution in [3.05, 3.63) is 182 Å². The molecule has 7 aromatic carbocycles. The number of fused-ring (bicyclic) bond motifs is 10. The van der Waals surface area contributed by atoms with Crippen LogP contribution in [0, 0.1) is 0 Å². The molecule has 0 radical (unpaired) electrons. The molecule has 0 saturated heterocycles. The number of benzene rings is 7. The molecule has 5 nitrogen and oxygen atoms in total. The minimum atomic E-state index is 0.712. The Balaban J connectivity index is 0.957.